The van der Waals surface area contributed by atoms with Gasteiger partial charge in [0.2, 0.25) is 5.65 Å². The molecule has 2 aliphatic rings. The molecule has 1 aliphatic heterocycles. The second-order valence-electron chi connectivity index (χ2n) is 7.90. The van der Waals surface area contributed by atoms with Gasteiger partial charge in [0, 0.05) is 30.9 Å². The highest BCUT2D eigenvalue weighted by Gasteiger charge is 2.43. The SMILES string of the molecule is Nc1nccc(-c2[nH]nc3nc(N4CCC5(CCC[C@H]5N)CC4)cnc23)c1Cl. The Morgan fingerprint density at radius 1 is 1.21 bits per heavy atom. The molecular weight excluding hydrogens is 376 g/mol. The van der Waals surface area contributed by atoms with Crippen molar-refractivity contribution in [3.8, 4) is 11.3 Å². The Labute approximate surface area is 167 Å². The average molecular weight is 399 g/mol. The van der Waals surface area contributed by atoms with Crippen molar-refractivity contribution >= 4 is 34.4 Å². The topological polar surface area (TPSA) is 123 Å². The normalized spacial score (nSPS) is 21.6. The molecule has 0 aromatic carbocycles. The summed E-state index contributed by atoms with van der Waals surface area (Å²) in [6.07, 6.45) is 9.33. The fourth-order valence-electron chi connectivity index (χ4n) is 4.75. The molecule has 146 valence electrons. The van der Waals surface area contributed by atoms with Crippen molar-refractivity contribution in [2.45, 2.75) is 38.1 Å². The number of fused-ring (bicyclic) bond motifs is 1. The molecule has 9 heteroatoms. The molecule has 1 spiro atoms. The van der Waals surface area contributed by atoms with Crippen molar-refractivity contribution < 1.29 is 0 Å². The predicted molar refractivity (Wildman–Crippen MR) is 110 cm³/mol. The second kappa shape index (κ2) is 6.56. The Bertz CT molecular complexity index is 1020. The maximum absolute atomic E-state index is 6.40. The standard InChI is InChI=1S/C19H23ClN8/c20-14-11(3-7-23-17(14)22)15-16-18(27-26-15)25-13(10-24-16)28-8-5-19(6-9-28)4-1-2-12(19)21/h3,7,10,12H,1-2,4-6,8-9,21H2,(H2,22,23)(H,25,26,27)/t12-/m1/s1. The Morgan fingerprint density at radius 2 is 2.04 bits per heavy atom. The number of anilines is 2. The van der Waals surface area contributed by atoms with Crippen LogP contribution in [-0.2, 0) is 0 Å². The van der Waals surface area contributed by atoms with Crippen LogP contribution in [0.3, 0.4) is 0 Å². The molecule has 1 aliphatic carbocycles. The van der Waals surface area contributed by atoms with E-state index in [1.165, 1.54) is 12.8 Å². The van der Waals surface area contributed by atoms with Crippen LogP contribution in [-0.4, -0.2) is 44.3 Å². The molecule has 0 unspecified atom stereocenters. The lowest BCUT2D eigenvalue weighted by Crippen LogP contribution is -2.47. The first-order valence-electron chi connectivity index (χ1n) is 9.69. The van der Waals surface area contributed by atoms with Crippen LogP contribution >= 0.6 is 11.6 Å². The fourth-order valence-corrected chi connectivity index (χ4v) is 4.95. The van der Waals surface area contributed by atoms with Gasteiger partial charge < -0.3 is 16.4 Å². The van der Waals surface area contributed by atoms with Crippen LogP contribution in [0.5, 0.6) is 0 Å². The molecule has 3 aromatic rings. The summed E-state index contributed by atoms with van der Waals surface area (Å²) in [5, 5.41) is 7.72. The number of hydrogen-bond acceptors (Lipinski definition) is 7. The van der Waals surface area contributed by atoms with Crippen LogP contribution < -0.4 is 16.4 Å². The largest absolute Gasteiger partial charge is 0.382 e. The number of hydrogen-bond donors (Lipinski definition) is 3. The minimum Gasteiger partial charge on any atom is -0.382 e. The third kappa shape index (κ3) is 2.70. The highest BCUT2D eigenvalue weighted by Crippen LogP contribution is 2.46. The van der Waals surface area contributed by atoms with Crippen LogP contribution in [0.15, 0.2) is 18.5 Å². The van der Waals surface area contributed by atoms with Crippen LogP contribution in [0.4, 0.5) is 11.6 Å². The first-order chi connectivity index (χ1) is 13.6. The van der Waals surface area contributed by atoms with E-state index >= 15 is 0 Å². The zero-order chi connectivity index (χ0) is 19.3. The van der Waals surface area contributed by atoms with Gasteiger partial charge in [-0.1, -0.05) is 18.0 Å². The molecule has 28 heavy (non-hydrogen) atoms. The summed E-state index contributed by atoms with van der Waals surface area (Å²) in [4.78, 5) is 15.6. The Morgan fingerprint density at radius 3 is 2.79 bits per heavy atom. The number of aromatic amines is 1. The van der Waals surface area contributed by atoms with Gasteiger partial charge in [0.1, 0.15) is 17.2 Å². The lowest BCUT2D eigenvalue weighted by atomic mass is 9.74. The number of H-pyrrole nitrogens is 1. The van der Waals surface area contributed by atoms with Crippen LogP contribution in [0, 0.1) is 5.41 Å². The van der Waals surface area contributed by atoms with E-state index < -0.39 is 0 Å². The molecule has 8 nitrogen and oxygen atoms in total. The summed E-state index contributed by atoms with van der Waals surface area (Å²) in [6, 6.07) is 2.13. The third-order valence-electron chi connectivity index (χ3n) is 6.50. The molecule has 5 N–H and O–H groups in total. The molecule has 1 saturated carbocycles. The fraction of sp³-hybridized carbons (Fsp3) is 0.474. The van der Waals surface area contributed by atoms with Crippen LogP contribution in [0.1, 0.15) is 32.1 Å². The highest BCUT2D eigenvalue weighted by atomic mass is 35.5. The van der Waals surface area contributed by atoms with Crippen molar-refractivity contribution in [3.05, 3.63) is 23.5 Å². The number of nitrogens with two attached hydrogens (primary N) is 2. The van der Waals surface area contributed by atoms with Crippen molar-refractivity contribution in [3.63, 3.8) is 0 Å². The number of rotatable bonds is 2. The lowest BCUT2D eigenvalue weighted by Gasteiger charge is -2.42. The van der Waals surface area contributed by atoms with Gasteiger partial charge in [-0.15, -0.1) is 0 Å². The number of nitrogen functional groups attached to an aromatic ring is 1. The van der Waals surface area contributed by atoms with Gasteiger partial charge >= 0.3 is 0 Å². The summed E-state index contributed by atoms with van der Waals surface area (Å²) in [5.41, 5.74) is 15.2. The van der Waals surface area contributed by atoms with Crippen LogP contribution in [0.2, 0.25) is 5.02 Å². The predicted octanol–water partition coefficient (Wildman–Crippen LogP) is 2.75. The summed E-state index contributed by atoms with van der Waals surface area (Å²) in [7, 11) is 0. The summed E-state index contributed by atoms with van der Waals surface area (Å²) in [5.74, 6) is 1.13. The van der Waals surface area contributed by atoms with E-state index in [9.17, 15) is 0 Å². The Kier molecular flexibility index (Phi) is 4.13. The maximum atomic E-state index is 6.40. The first-order valence-corrected chi connectivity index (χ1v) is 10.1. The van der Waals surface area contributed by atoms with E-state index in [4.69, 9.17) is 28.1 Å². The van der Waals surface area contributed by atoms with Crippen LogP contribution in [0.25, 0.3) is 22.4 Å². The summed E-state index contributed by atoms with van der Waals surface area (Å²) < 4.78 is 0. The summed E-state index contributed by atoms with van der Waals surface area (Å²) >= 11 is 6.31. The van der Waals surface area contributed by atoms with Gasteiger partial charge in [0.25, 0.3) is 0 Å². The van der Waals surface area contributed by atoms with Gasteiger partial charge in [-0.2, -0.15) is 5.10 Å². The van der Waals surface area contributed by atoms with Gasteiger partial charge in [-0.3, -0.25) is 5.10 Å². The number of piperidine rings is 1. The maximum Gasteiger partial charge on any atom is 0.202 e. The highest BCUT2D eigenvalue weighted by molar-refractivity contribution is 6.35. The van der Waals surface area contributed by atoms with Crippen molar-refractivity contribution in [2.75, 3.05) is 23.7 Å². The average Bonchev–Trinajstić information content (AvgIpc) is 3.28. The third-order valence-corrected chi connectivity index (χ3v) is 6.89. The number of halogens is 1. The van der Waals surface area contributed by atoms with E-state index in [1.807, 2.05) is 6.20 Å². The molecular formula is C19H23ClN8. The molecule has 1 saturated heterocycles. The first kappa shape index (κ1) is 17.6. The lowest BCUT2D eigenvalue weighted by molar-refractivity contribution is 0.197. The van der Waals surface area contributed by atoms with Gasteiger partial charge in [-0.05, 0) is 37.2 Å². The van der Waals surface area contributed by atoms with Crippen molar-refractivity contribution in [1.82, 2.24) is 25.1 Å². The van der Waals surface area contributed by atoms with E-state index in [0.29, 0.717) is 38.9 Å². The molecule has 0 bridgehead atoms. The second-order valence-corrected chi connectivity index (χ2v) is 8.28. The zero-order valence-corrected chi connectivity index (χ0v) is 16.3. The molecule has 4 heterocycles. The van der Waals surface area contributed by atoms with Gasteiger partial charge in [0.05, 0.1) is 16.9 Å². The number of nitrogens with zero attached hydrogens (tertiary/aromatic N) is 5. The molecule has 1 atom stereocenters. The molecule has 0 amide bonds. The van der Waals surface area contributed by atoms with Gasteiger partial charge in [0.15, 0.2) is 0 Å². The summed E-state index contributed by atoms with van der Waals surface area (Å²) in [6.45, 7) is 1.91. The number of pyridine rings is 1. The van der Waals surface area contributed by atoms with Gasteiger partial charge in [-0.25, -0.2) is 15.0 Å². The molecule has 3 aromatic heterocycles. The minimum atomic E-state index is 0.277. The van der Waals surface area contributed by atoms with Crippen molar-refractivity contribution in [1.29, 1.82) is 0 Å². The van der Waals surface area contributed by atoms with Crippen molar-refractivity contribution in [2.24, 2.45) is 11.1 Å². The molecule has 5 rings (SSSR count). The quantitative estimate of drug-likeness (QED) is 0.606. The molecule has 2 fully saturated rings. The number of aromatic nitrogens is 5. The monoisotopic (exact) mass is 398 g/mol. The molecule has 0 radical (unpaired) electrons. The van der Waals surface area contributed by atoms with E-state index in [2.05, 4.69) is 25.1 Å². The minimum absolute atomic E-state index is 0.277. The van der Waals surface area contributed by atoms with E-state index in [-0.39, 0.29) is 5.82 Å². The van der Waals surface area contributed by atoms with E-state index in [1.54, 1.807) is 12.3 Å². The Balaban J connectivity index is 1.42. The zero-order valence-electron chi connectivity index (χ0n) is 15.5. The smallest absolute Gasteiger partial charge is 0.202 e. The Hall–Kier alpha value is -2.45. The van der Waals surface area contributed by atoms with E-state index in [0.717, 1.165) is 38.2 Å². The number of nitrogens with one attached hydrogen (secondary N) is 1.